The largest absolute Gasteiger partial charge is 0.480 e. The smallest absolute Gasteiger partial charge is 0.325 e. The van der Waals surface area contributed by atoms with Crippen molar-refractivity contribution < 1.29 is 14.6 Å². The number of carbonyl (C=O) groups is 1. The molecule has 1 N–H and O–H groups in total. The third kappa shape index (κ3) is 2.61. The summed E-state index contributed by atoms with van der Waals surface area (Å²) >= 11 is 1.75. The lowest BCUT2D eigenvalue weighted by molar-refractivity contribution is -0.145. The Kier molecular flexibility index (Phi) is 3.77. The topological polar surface area (TPSA) is 49.8 Å². The number of carboxylic acids is 1. The van der Waals surface area contributed by atoms with Crippen LogP contribution < -0.4 is 0 Å². The fraction of sp³-hybridized carbons (Fsp3) is 0.278. The van der Waals surface area contributed by atoms with Crippen LogP contribution in [0.25, 0.3) is 20.2 Å². The van der Waals surface area contributed by atoms with E-state index in [1.807, 2.05) is 35.2 Å². The molecule has 2 aromatic carbocycles. The van der Waals surface area contributed by atoms with E-state index in [-0.39, 0.29) is 0 Å². The van der Waals surface area contributed by atoms with Gasteiger partial charge >= 0.3 is 5.97 Å². The molecule has 1 aliphatic rings. The zero-order chi connectivity index (χ0) is 15.8. The first kappa shape index (κ1) is 14.6. The van der Waals surface area contributed by atoms with Crippen molar-refractivity contribution in [3.8, 4) is 0 Å². The number of fused-ring (bicyclic) bond motifs is 3. The van der Waals surface area contributed by atoms with Gasteiger partial charge in [-0.15, -0.1) is 11.3 Å². The summed E-state index contributed by atoms with van der Waals surface area (Å²) in [5, 5.41) is 12.1. The van der Waals surface area contributed by atoms with Crippen LogP contribution in [0.3, 0.4) is 0 Å². The van der Waals surface area contributed by atoms with Gasteiger partial charge in [0.15, 0.2) is 0 Å². The molecule has 0 saturated carbocycles. The number of hydrogen-bond acceptors (Lipinski definition) is 4. The predicted molar refractivity (Wildman–Crippen MR) is 92.1 cm³/mol. The molecule has 4 nitrogen and oxygen atoms in total. The molecular formula is C18H17NO3S. The van der Waals surface area contributed by atoms with E-state index in [9.17, 15) is 9.90 Å². The fourth-order valence-corrected chi connectivity index (χ4v) is 4.35. The first-order valence-corrected chi connectivity index (χ1v) is 8.51. The number of nitrogens with zero attached hydrogens (tertiary/aromatic N) is 1. The summed E-state index contributed by atoms with van der Waals surface area (Å²) in [7, 11) is 0. The Morgan fingerprint density at radius 1 is 1.09 bits per heavy atom. The lowest BCUT2D eigenvalue weighted by Crippen LogP contribution is -2.42. The van der Waals surface area contributed by atoms with Crippen molar-refractivity contribution in [1.29, 1.82) is 0 Å². The van der Waals surface area contributed by atoms with Crippen molar-refractivity contribution in [2.45, 2.75) is 6.04 Å². The van der Waals surface area contributed by atoms with Crippen LogP contribution in [0.5, 0.6) is 0 Å². The molecule has 1 aliphatic heterocycles. The molecule has 0 aliphatic carbocycles. The first-order valence-electron chi connectivity index (χ1n) is 7.70. The van der Waals surface area contributed by atoms with Gasteiger partial charge in [-0.2, -0.15) is 0 Å². The number of hydrogen-bond donors (Lipinski definition) is 1. The molecular weight excluding hydrogens is 310 g/mol. The van der Waals surface area contributed by atoms with Crippen LogP contribution in [0.4, 0.5) is 0 Å². The van der Waals surface area contributed by atoms with Gasteiger partial charge in [0.05, 0.1) is 13.2 Å². The lowest BCUT2D eigenvalue weighted by atomic mass is 10.0. The van der Waals surface area contributed by atoms with E-state index in [0.29, 0.717) is 26.3 Å². The highest BCUT2D eigenvalue weighted by molar-refractivity contribution is 7.25. The summed E-state index contributed by atoms with van der Waals surface area (Å²) in [6.45, 7) is 2.49. The van der Waals surface area contributed by atoms with Gasteiger partial charge in [-0.05, 0) is 23.8 Å². The summed E-state index contributed by atoms with van der Waals surface area (Å²) in [5.41, 5.74) is 0.843. The number of aliphatic carboxylic acids is 1. The second kappa shape index (κ2) is 5.92. The van der Waals surface area contributed by atoms with Crippen molar-refractivity contribution in [3.05, 3.63) is 48.0 Å². The predicted octanol–water partition coefficient (Wildman–Crippen LogP) is 3.51. The molecule has 1 aromatic heterocycles. The number of carboxylic acid groups (broad SMARTS) is 1. The van der Waals surface area contributed by atoms with E-state index in [1.54, 1.807) is 11.3 Å². The van der Waals surface area contributed by atoms with Crippen LogP contribution in [-0.2, 0) is 9.53 Å². The average Bonchev–Trinajstić information content (AvgIpc) is 2.94. The Bertz CT molecular complexity index is 867. The molecule has 2 heterocycles. The second-order valence-electron chi connectivity index (χ2n) is 5.74. The highest BCUT2D eigenvalue weighted by atomic mass is 32.1. The van der Waals surface area contributed by atoms with E-state index in [0.717, 1.165) is 10.9 Å². The van der Waals surface area contributed by atoms with Crippen LogP contribution in [0, 0.1) is 0 Å². The monoisotopic (exact) mass is 327 g/mol. The molecule has 1 fully saturated rings. The van der Waals surface area contributed by atoms with Crippen molar-refractivity contribution in [2.75, 3.05) is 26.3 Å². The maximum atomic E-state index is 11.9. The van der Waals surface area contributed by atoms with Crippen molar-refractivity contribution in [2.24, 2.45) is 0 Å². The maximum Gasteiger partial charge on any atom is 0.325 e. The minimum Gasteiger partial charge on any atom is -0.480 e. The molecule has 5 heteroatoms. The Balaban J connectivity index is 1.82. The number of rotatable bonds is 3. The molecule has 3 aromatic rings. The summed E-state index contributed by atoms with van der Waals surface area (Å²) in [4.78, 5) is 13.8. The summed E-state index contributed by atoms with van der Waals surface area (Å²) in [6.07, 6.45) is 0. The molecule has 1 unspecified atom stereocenters. The lowest BCUT2D eigenvalue weighted by Gasteiger charge is -2.32. The summed E-state index contributed by atoms with van der Waals surface area (Å²) in [6, 6.07) is 13.7. The van der Waals surface area contributed by atoms with E-state index in [1.165, 1.54) is 14.8 Å². The van der Waals surface area contributed by atoms with Gasteiger partial charge in [0.25, 0.3) is 0 Å². The molecule has 118 valence electrons. The van der Waals surface area contributed by atoms with Crippen LogP contribution >= 0.6 is 11.3 Å². The quantitative estimate of drug-likeness (QED) is 0.800. The van der Waals surface area contributed by atoms with Crippen LogP contribution in [0.1, 0.15) is 11.6 Å². The van der Waals surface area contributed by atoms with Crippen molar-refractivity contribution >= 4 is 37.5 Å². The number of thiophene rings is 1. The van der Waals surface area contributed by atoms with Crippen molar-refractivity contribution in [1.82, 2.24) is 4.90 Å². The minimum absolute atomic E-state index is 0.591. The van der Waals surface area contributed by atoms with Gasteiger partial charge in [-0.25, -0.2) is 0 Å². The molecule has 0 spiro atoms. The Labute approximate surface area is 137 Å². The Morgan fingerprint density at radius 3 is 2.61 bits per heavy atom. The van der Waals surface area contributed by atoms with E-state index >= 15 is 0 Å². The van der Waals surface area contributed by atoms with Gasteiger partial charge < -0.3 is 9.84 Å². The van der Waals surface area contributed by atoms with Crippen LogP contribution in [-0.4, -0.2) is 42.3 Å². The normalized spacial score (nSPS) is 17.6. The van der Waals surface area contributed by atoms with E-state index in [2.05, 4.69) is 12.1 Å². The first-order chi connectivity index (χ1) is 11.2. The standard InChI is InChI=1S/C18H17NO3S/c20-18(21)17(19-7-9-22-10-8-19)12-5-6-16-14(11-12)13-3-1-2-4-15(13)23-16/h1-6,11,17H,7-10H2,(H,20,21). The molecule has 1 saturated heterocycles. The highest BCUT2D eigenvalue weighted by Crippen LogP contribution is 2.36. The third-order valence-electron chi connectivity index (χ3n) is 4.36. The van der Waals surface area contributed by atoms with Crippen LogP contribution in [0.15, 0.2) is 42.5 Å². The Hall–Kier alpha value is -1.95. The van der Waals surface area contributed by atoms with Crippen LogP contribution in [0.2, 0.25) is 0 Å². The SMILES string of the molecule is O=C(O)C(c1ccc2sc3ccccc3c2c1)N1CCOCC1. The Morgan fingerprint density at radius 2 is 1.83 bits per heavy atom. The summed E-state index contributed by atoms with van der Waals surface area (Å²) in [5.74, 6) is -0.800. The van der Waals surface area contributed by atoms with Gasteiger partial charge in [0, 0.05) is 33.3 Å². The average molecular weight is 327 g/mol. The molecule has 0 amide bonds. The number of ether oxygens (including phenoxy) is 1. The third-order valence-corrected chi connectivity index (χ3v) is 5.51. The maximum absolute atomic E-state index is 11.9. The zero-order valence-corrected chi connectivity index (χ0v) is 13.4. The van der Waals surface area contributed by atoms with Gasteiger partial charge in [0.1, 0.15) is 6.04 Å². The molecule has 0 bridgehead atoms. The molecule has 0 radical (unpaired) electrons. The van der Waals surface area contributed by atoms with E-state index < -0.39 is 12.0 Å². The number of morpholine rings is 1. The molecule has 1 atom stereocenters. The molecule has 4 rings (SSSR count). The molecule has 23 heavy (non-hydrogen) atoms. The summed E-state index contributed by atoms with van der Waals surface area (Å²) < 4.78 is 7.78. The zero-order valence-electron chi connectivity index (χ0n) is 12.6. The van der Waals surface area contributed by atoms with Crippen molar-refractivity contribution in [3.63, 3.8) is 0 Å². The van der Waals surface area contributed by atoms with E-state index in [4.69, 9.17) is 4.74 Å². The van der Waals surface area contributed by atoms with Gasteiger partial charge in [0.2, 0.25) is 0 Å². The highest BCUT2D eigenvalue weighted by Gasteiger charge is 2.29. The minimum atomic E-state index is -0.800. The second-order valence-corrected chi connectivity index (χ2v) is 6.83. The fourth-order valence-electron chi connectivity index (χ4n) is 3.26. The number of benzene rings is 2. The van der Waals surface area contributed by atoms with Gasteiger partial charge in [-0.1, -0.05) is 24.3 Å². The van der Waals surface area contributed by atoms with Gasteiger partial charge in [-0.3, -0.25) is 9.69 Å².